The molecule has 0 amide bonds. The quantitative estimate of drug-likeness (QED) is 0.212. The standard InChI is InChI=1S/C19H26N4S.HI/c1-20-19(21-12-13-24-18-10-5-4-6-11-18)22-15-16-8-7-9-17(14-16)23(2)3;/h4-11,14H,12-13,15H2,1-3H3,(H2,20,21,22);1H. The fourth-order valence-corrected chi connectivity index (χ4v) is 3.00. The number of nitrogens with zero attached hydrogens (tertiary/aromatic N) is 2. The molecule has 0 atom stereocenters. The van der Waals surface area contributed by atoms with Gasteiger partial charge in [-0.2, -0.15) is 0 Å². The van der Waals surface area contributed by atoms with Crippen molar-refractivity contribution in [3.05, 3.63) is 60.2 Å². The first-order valence-corrected chi connectivity index (χ1v) is 9.06. The van der Waals surface area contributed by atoms with Crippen LogP contribution >= 0.6 is 35.7 Å². The van der Waals surface area contributed by atoms with Crippen LogP contribution in [-0.2, 0) is 6.54 Å². The summed E-state index contributed by atoms with van der Waals surface area (Å²) in [6, 6.07) is 18.9. The molecular weight excluding hydrogens is 443 g/mol. The summed E-state index contributed by atoms with van der Waals surface area (Å²) in [6.07, 6.45) is 0. The van der Waals surface area contributed by atoms with Gasteiger partial charge >= 0.3 is 0 Å². The minimum Gasteiger partial charge on any atom is -0.378 e. The molecule has 0 heterocycles. The van der Waals surface area contributed by atoms with Gasteiger partial charge in [-0.05, 0) is 29.8 Å². The molecule has 2 N–H and O–H groups in total. The van der Waals surface area contributed by atoms with E-state index in [1.807, 2.05) is 17.8 Å². The predicted molar refractivity (Wildman–Crippen MR) is 122 cm³/mol. The molecule has 0 saturated heterocycles. The van der Waals surface area contributed by atoms with Crippen LogP contribution in [0.25, 0.3) is 0 Å². The van der Waals surface area contributed by atoms with E-state index in [2.05, 4.69) is 83.2 Å². The maximum atomic E-state index is 4.28. The van der Waals surface area contributed by atoms with Crippen LogP contribution < -0.4 is 15.5 Å². The summed E-state index contributed by atoms with van der Waals surface area (Å²) in [6.45, 7) is 1.63. The highest BCUT2D eigenvalue weighted by molar-refractivity contribution is 14.0. The van der Waals surface area contributed by atoms with E-state index in [9.17, 15) is 0 Å². The summed E-state index contributed by atoms with van der Waals surface area (Å²) in [5.41, 5.74) is 2.44. The van der Waals surface area contributed by atoms with Gasteiger partial charge in [0.15, 0.2) is 5.96 Å². The zero-order valence-electron chi connectivity index (χ0n) is 15.0. The number of anilines is 1. The number of hydrogen-bond donors (Lipinski definition) is 2. The lowest BCUT2D eigenvalue weighted by Crippen LogP contribution is -2.37. The number of nitrogens with one attached hydrogen (secondary N) is 2. The van der Waals surface area contributed by atoms with E-state index >= 15 is 0 Å². The average Bonchev–Trinajstić information content (AvgIpc) is 2.62. The van der Waals surface area contributed by atoms with E-state index in [1.165, 1.54) is 16.1 Å². The van der Waals surface area contributed by atoms with E-state index in [0.717, 1.165) is 24.8 Å². The van der Waals surface area contributed by atoms with Gasteiger partial charge in [0.05, 0.1) is 0 Å². The summed E-state index contributed by atoms with van der Waals surface area (Å²) in [5, 5.41) is 6.72. The Morgan fingerprint density at radius 1 is 1.04 bits per heavy atom. The normalized spacial score (nSPS) is 10.8. The van der Waals surface area contributed by atoms with E-state index in [1.54, 1.807) is 7.05 Å². The molecule has 2 aromatic rings. The van der Waals surface area contributed by atoms with Crippen molar-refractivity contribution in [3.8, 4) is 0 Å². The monoisotopic (exact) mass is 470 g/mol. The summed E-state index contributed by atoms with van der Waals surface area (Å²) in [4.78, 5) is 7.68. The Labute approximate surface area is 172 Å². The molecule has 25 heavy (non-hydrogen) atoms. The fourth-order valence-electron chi connectivity index (χ4n) is 2.21. The number of hydrogen-bond acceptors (Lipinski definition) is 3. The molecule has 0 spiro atoms. The van der Waals surface area contributed by atoms with Crippen LogP contribution in [0.4, 0.5) is 5.69 Å². The second kappa shape index (κ2) is 12.0. The minimum absolute atomic E-state index is 0. The molecular formula is C19H27IN4S. The van der Waals surface area contributed by atoms with Gasteiger partial charge in [-0.25, -0.2) is 0 Å². The Morgan fingerprint density at radius 3 is 2.48 bits per heavy atom. The SMILES string of the molecule is CN=C(NCCSc1ccccc1)NCc1cccc(N(C)C)c1.I. The van der Waals surface area contributed by atoms with Gasteiger partial charge in [0.1, 0.15) is 0 Å². The van der Waals surface area contributed by atoms with Crippen molar-refractivity contribution in [1.82, 2.24) is 10.6 Å². The average molecular weight is 470 g/mol. The third-order valence-corrected chi connectivity index (χ3v) is 4.53. The fraction of sp³-hybridized carbons (Fsp3) is 0.316. The summed E-state index contributed by atoms with van der Waals surface area (Å²) < 4.78 is 0. The number of halogens is 1. The van der Waals surface area contributed by atoms with Crippen molar-refractivity contribution in [1.29, 1.82) is 0 Å². The van der Waals surface area contributed by atoms with Crippen molar-refractivity contribution >= 4 is 47.4 Å². The molecule has 2 aromatic carbocycles. The lowest BCUT2D eigenvalue weighted by molar-refractivity contribution is 0.832. The van der Waals surface area contributed by atoms with Crippen LogP contribution in [0.2, 0.25) is 0 Å². The molecule has 0 bridgehead atoms. The first-order chi connectivity index (χ1) is 11.7. The molecule has 0 saturated carbocycles. The molecule has 0 radical (unpaired) electrons. The molecule has 0 fully saturated rings. The van der Waals surface area contributed by atoms with Gasteiger partial charge in [0.25, 0.3) is 0 Å². The highest BCUT2D eigenvalue weighted by atomic mass is 127. The van der Waals surface area contributed by atoms with Gasteiger partial charge in [0, 0.05) is 50.6 Å². The van der Waals surface area contributed by atoms with Crippen molar-refractivity contribution in [2.45, 2.75) is 11.4 Å². The highest BCUT2D eigenvalue weighted by Crippen LogP contribution is 2.15. The Balaban J connectivity index is 0.00000312. The van der Waals surface area contributed by atoms with Gasteiger partial charge in [-0.3, -0.25) is 4.99 Å². The number of rotatable bonds is 7. The third kappa shape index (κ3) is 8.00. The van der Waals surface area contributed by atoms with E-state index < -0.39 is 0 Å². The molecule has 0 aromatic heterocycles. The Hall–Kier alpha value is -1.41. The molecule has 0 aliphatic heterocycles. The number of guanidine groups is 1. The second-order valence-corrected chi connectivity index (χ2v) is 6.75. The second-order valence-electron chi connectivity index (χ2n) is 5.58. The smallest absolute Gasteiger partial charge is 0.191 e. The number of aliphatic imine (C=N–C) groups is 1. The Morgan fingerprint density at radius 2 is 1.80 bits per heavy atom. The lowest BCUT2D eigenvalue weighted by atomic mass is 10.2. The van der Waals surface area contributed by atoms with Gasteiger partial charge in [0.2, 0.25) is 0 Å². The molecule has 2 rings (SSSR count). The van der Waals surface area contributed by atoms with Crippen LogP contribution in [0.3, 0.4) is 0 Å². The van der Waals surface area contributed by atoms with Crippen LogP contribution in [0.15, 0.2) is 64.5 Å². The van der Waals surface area contributed by atoms with Gasteiger partial charge in [-0.15, -0.1) is 35.7 Å². The van der Waals surface area contributed by atoms with Crippen molar-refractivity contribution in [3.63, 3.8) is 0 Å². The summed E-state index contributed by atoms with van der Waals surface area (Å²) in [7, 11) is 5.91. The number of thioether (sulfide) groups is 1. The molecule has 0 unspecified atom stereocenters. The molecule has 6 heteroatoms. The van der Waals surface area contributed by atoms with Crippen LogP contribution in [0.5, 0.6) is 0 Å². The van der Waals surface area contributed by atoms with E-state index in [4.69, 9.17) is 0 Å². The van der Waals surface area contributed by atoms with E-state index in [-0.39, 0.29) is 24.0 Å². The Kier molecular flexibility index (Phi) is 10.4. The van der Waals surface area contributed by atoms with Crippen molar-refractivity contribution < 1.29 is 0 Å². The summed E-state index contributed by atoms with van der Waals surface area (Å²) >= 11 is 1.84. The molecule has 0 aliphatic carbocycles. The first kappa shape index (κ1) is 21.6. The van der Waals surface area contributed by atoms with Crippen molar-refractivity contribution in [2.24, 2.45) is 4.99 Å². The largest absolute Gasteiger partial charge is 0.378 e. The Bertz CT molecular complexity index is 647. The minimum atomic E-state index is 0. The van der Waals surface area contributed by atoms with Crippen LogP contribution in [0, 0.1) is 0 Å². The third-order valence-electron chi connectivity index (χ3n) is 3.52. The van der Waals surface area contributed by atoms with Crippen molar-refractivity contribution in [2.75, 3.05) is 38.3 Å². The van der Waals surface area contributed by atoms with Gasteiger partial charge in [-0.1, -0.05) is 30.3 Å². The van der Waals surface area contributed by atoms with Crippen LogP contribution in [0.1, 0.15) is 5.56 Å². The molecule has 0 aliphatic rings. The highest BCUT2D eigenvalue weighted by Gasteiger charge is 2.01. The lowest BCUT2D eigenvalue weighted by Gasteiger charge is -2.15. The zero-order valence-corrected chi connectivity index (χ0v) is 18.2. The molecule has 136 valence electrons. The summed E-state index contributed by atoms with van der Waals surface area (Å²) in [5.74, 6) is 1.83. The first-order valence-electron chi connectivity index (χ1n) is 8.07. The maximum absolute atomic E-state index is 4.28. The zero-order chi connectivity index (χ0) is 17.2. The maximum Gasteiger partial charge on any atom is 0.191 e. The van der Waals surface area contributed by atoms with Gasteiger partial charge < -0.3 is 15.5 Å². The topological polar surface area (TPSA) is 39.7 Å². The molecule has 4 nitrogen and oxygen atoms in total. The predicted octanol–water partition coefficient (Wildman–Crippen LogP) is 3.83. The van der Waals surface area contributed by atoms with Crippen LogP contribution in [-0.4, -0.2) is 39.4 Å². The number of benzene rings is 2. The van der Waals surface area contributed by atoms with E-state index in [0.29, 0.717) is 0 Å².